The van der Waals surface area contributed by atoms with Crippen LogP contribution in [0.25, 0.3) is 11.0 Å². The van der Waals surface area contributed by atoms with Crippen molar-refractivity contribution < 1.29 is 0 Å². The second-order valence-electron chi connectivity index (χ2n) is 3.68. The molecular formula is C10H12BrN3O. The highest BCUT2D eigenvalue weighted by Crippen LogP contribution is 2.17. The quantitative estimate of drug-likeness (QED) is 0.867. The predicted octanol–water partition coefficient (Wildman–Crippen LogP) is 1.44. The Balaban J connectivity index is 2.65. The van der Waals surface area contributed by atoms with E-state index in [0.717, 1.165) is 15.5 Å². The molecule has 1 heterocycles. The summed E-state index contributed by atoms with van der Waals surface area (Å²) in [6, 6.07) is 5.64. The molecule has 1 atom stereocenters. The smallest absolute Gasteiger partial charge is 0.326 e. The van der Waals surface area contributed by atoms with Gasteiger partial charge < -0.3 is 10.7 Å². The molecule has 15 heavy (non-hydrogen) atoms. The molecule has 0 saturated carbocycles. The third-order valence-corrected chi connectivity index (χ3v) is 2.70. The highest BCUT2D eigenvalue weighted by atomic mass is 79.9. The van der Waals surface area contributed by atoms with E-state index < -0.39 is 0 Å². The van der Waals surface area contributed by atoms with Gasteiger partial charge in [-0.25, -0.2) is 4.79 Å². The van der Waals surface area contributed by atoms with Crippen molar-refractivity contribution >= 4 is 27.0 Å². The molecule has 0 aliphatic heterocycles. The van der Waals surface area contributed by atoms with Gasteiger partial charge in [0.05, 0.1) is 11.0 Å². The Hall–Kier alpha value is -1.07. The average molecular weight is 270 g/mol. The third kappa shape index (κ3) is 1.98. The van der Waals surface area contributed by atoms with Gasteiger partial charge in [0.1, 0.15) is 0 Å². The zero-order chi connectivity index (χ0) is 11.0. The standard InChI is InChI=1S/C10H12BrN3O/c1-6(12)5-14-9-4-7(11)2-3-8(9)13-10(14)15/h2-4,6H,5,12H2,1H3,(H,13,15). The number of hydrogen-bond donors (Lipinski definition) is 2. The summed E-state index contributed by atoms with van der Waals surface area (Å²) in [5, 5.41) is 0. The number of benzene rings is 1. The van der Waals surface area contributed by atoms with Gasteiger partial charge in [-0.3, -0.25) is 4.57 Å². The molecule has 5 heteroatoms. The first kappa shape index (κ1) is 10.4. The molecular weight excluding hydrogens is 258 g/mol. The summed E-state index contributed by atoms with van der Waals surface area (Å²) >= 11 is 3.38. The molecule has 2 rings (SSSR count). The summed E-state index contributed by atoms with van der Waals surface area (Å²) in [4.78, 5) is 14.4. The molecule has 0 fully saturated rings. The second-order valence-corrected chi connectivity index (χ2v) is 4.60. The van der Waals surface area contributed by atoms with E-state index in [1.54, 1.807) is 4.57 Å². The monoisotopic (exact) mass is 269 g/mol. The van der Waals surface area contributed by atoms with Crippen molar-refractivity contribution in [3.8, 4) is 0 Å². The van der Waals surface area contributed by atoms with Crippen molar-refractivity contribution in [1.82, 2.24) is 9.55 Å². The summed E-state index contributed by atoms with van der Waals surface area (Å²) in [6.07, 6.45) is 0. The minimum atomic E-state index is -0.111. The summed E-state index contributed by atoms with van der Waals surface area (Å²) in [6.45, 7) is 2.40. The van der Waals surface area contributed by atoms with Gasteiger partial charge in [-0.2, -0.15) is 0 Å². The number of aromatic nitrogens is 2. The van der Waals surface area contributed by atoms with Crippen LogP contribution in [-0.2, 0) is 6.54 Å². The lowest BCUT2D eigenvalue weighted by molar-refractivity contribution is 0.588. The molecule has 0 saturated heterocycles. The fraction of sp³-hybridized carbons (Fsp3) is 0.300. The molecule has 1 unspecified atom stereocenters. The van der Waals surface area contributed by atoms with E-state index in [9.17, 15) is 4.79 Å². The summed E-state index contributed by atoms with van der Waals surface area (Å²) < 4.78 is 2.61. The number of nitrogens with two attached hydrogens (primary N) is 1. The number of fused-ring (bicyclic) bond motifs is 1. The van der Waals surface area contributed by atoms with Crippen LogP contribution in [0.2, 0.25) is 0 Å². The van der Waals surface area contributed by atoms with E-state index in [2.05, 4.69) is 20.9 Å². The maximum absolute atomic E-state index is 11.6. The van der Waals surface area contributed by atoms with Gasteiger partial charge in [0.2, 0.25) is 0 Å². The third-order valence-electron chi connectivity index (χ3n) is 2.21. The molecule has 3 N–H and O–H groups in total. The lowest BCUT2D eigenvalue weighted by atomic mass is 10.3. The summed E-state index contributed by atoms with van der Waals surface area (Å²) in [5.41, 5.74) is 7.30. The lowest BCUT2D eigenvalue weighted by Gasteiger charge is -2.06. The van der Waals surface area contributed by atoms with Crippen LogP contribution in [-0.4, -0.2) is 15.6 Å². The van der Waals surface area contributed by atoms with Crippen LogP contribution in [0, 0.1) is 0 Å². The minimum absolute atomic E-state index is 0.0410. The lowest BCUT2D eigenvalue weighted by Crippen LogP contribution is -2.28. The maximum Gasteiger partial charge on any atom is 0.326 e. The number of H-pyrrole nitrogens is 1. The largest absolute Gasteiger partial charge is 0.326 e. The Labute approximate surface area is 95.2 Å². The highest BCUT2D eigenvalue weighted by molar-refractivity contribution is 9.10. The molecule has 1 aromatic heterocycles. The average Bonchev–Trinajstić information content (AvgIpc) is 2.43. The Morgan fingerprint density at radius 1 is 1.60 bits per heavy atom. The van der Waals surface area contributed by atoms with Gasteiger partial charge in [0, 0.05) is 17.1 Å². The highest BCUT2D eigenvalue weighted by Gasteiger charge is 2.07. The van der Waals surface area contributed by atoms with E-state index in [-0.39, 0.29) is 11.7 Å². The van der Waals surface area contributed by atoms with Crippen molar-refractivity contribution in [3.05, 3.63) is 33.2 Å². The van der Waals surface area contributed by atoms with Crippen LogP contribution in [0.15, 0.2) is 27.5 Å². The van der Waals surface area contributed by atoms with E-state index in [4.69, 9.17) is 5.73 Å². The fourth-order valence-electron chi connectivity index (χ4n) is 1.60. The van der Waals surface area contributed by atoms with Gasteiger partial charge in [-0.1, -0.05) is 15.9 Å². The zero-order valence-corrected chi connectivity index (χ0v) is 9.91. The van der Waals surface area contributed by atoms with E-state index >= 15 is 0 Å². The van der Waals surface area contributed by atoms with Gasteiger partial charge in [-0.15, -0.1) is 0 Å². The zero-order valence-electron chi connectivity index (χ0n) is 8.33. The number of halogens is 1. The van der Waals surface area contributed by atoms with Crippen molar-refractivity contribution in [2.75, 3.05) is 0 Å². The van der Waals surface area contributed by atoms with E-state index in [1.807, 2.05) is 25.1 Å². The van der Waals surface area contributed by atoms with E-state index in [0.29, 0.717) is 6.54 Å². The van der Waals surface area contributed by atoms with Gasteiger partial charge in [0.15, 0.2) is 0 Å². The fourth-order valence-corrected chi connectivity index (χ4v) is 1.94. The predicted molar refractivity (Wildman–Crippen MR) is 63.9 cm³/mol. The SMILES string of the molecule is CC(N)Cn1c(=O)[nH]c2ccc(Br)cc21. The Morgan fingerprint density at radius 2 is 2.33 bits per heavy atom. The van der Waals surface area contributed by atoms with Crippen molar-refractivity contribution in [2.45, 2.75) is 19.5 Å². The normalized spacial score (nSPS) is 13.3. The number of aromatic amines is 1. The molecule has 0 aliphatic rings. The molecule has 1 aromatic carbocycles. The van der Waals surface area contributed by atoms with Crippen LogP contribution < -0.4 is 11.4 Å². The number of nitrogens with zero attached hydrogens (tertiary/aromatic N) is 1. The molecule has 2 aromatic rings. The topological polar surface area (TPSA) is 63.8 Å². The first-order valence-corrected chi connectivity index (χ1v) is 5.51. The van der Waals surface area contributed by atoms with Crippen molar-refractivity contribution in [3.63, 3.8) is 0 Å². The molecule has 80 valence electrons. The Bertz CT molecular complexity index is 541. The second kappa shape index (κ2) is 3.83. The molecule has 0 radical (unpaired) electrons. The molecule has 0 bridgehead atoms. The Kier molecular flexibility index (Phi) is 2.67. The van der Waals surface area contributed by atoms with Crippen molar-refractivity contribution in [2.24, 2.45) is 5.73 Å². The van der Waals surface area contributed by atoms with Crippen LogP contribution >= 0.6 is 15.9 Å². The number of nitrogens with one attached hydrogen (secondary N) is 1. The van der Waals surface area contributed by atoms with Crippen LogP contribution in [0.4, 0.5) is 0 Å². The van der Waals surface area contributed by atoms with Gasteiger partial charge in [-0.05, 0) is 25.1 Å². The van der Waals surface area contributed by atoms with Crippen LogP contribution in [0.3, 0.4) is 0 Å². The molecule has 0 aliphatic carbocycles. The first-order chi connectivity index (χ1) is 7.08. The Morgan fingerprint density at radius 3 is 3.00 bits per heavy atom. The van der Waals surface area contributed by atoms with Crippen LogP contribution in [0.5, 0.6) is 0 Å². The maximum atomic E-state index is 11.6. The number of rotatable bonds is 2. The number of hydrogen-bond acceptors (Lipinski definition) is 2. The summed E-state index contributed by atoms with van der Waals surface area (Å²) in [7, 11) is 0. The first-order valence-electron chi connectivity index (χ1n) is 4.71. The van der Waals surface area contributed by atoms with Crippen molar-refractivity contribution in [1.29, 1.82) is 0 Å². The van der Waals surface area contributed by atoms with Crippen LogP contribution in [0.1, 0.15) is 6.92 Å². The minimum Gasteiger partial charge on any atom is -0.326 e. The number of imidazole rings is 1. The molecule has 0 spiro atoms. The van der Waals surface area contributed by atoms with E-state index in [1.165, 1.54) is 0 Å². The summed E-state index contributed by atoms with van der Waals surface area (Å²) in [5.74, 6) is 0. The molecule has 4 nitrogen and oxygen atoms in total. The van der Waals surface area contributed by atoms with Gasteiger partial charge >= 0.3 is 5.69 Å². The molecule has 0 amide bonds. The van der Waals surface area contributed by atoms with Gasteiger partial charge in [0.25, 0.3) is 0 Å².